The first-order chi connectivity index (χ1) is 7.56. The van der Waals surface area contributed by atoms with Gasteiger partial charge >= 0.3 is 0 Å². The summed E-state index contributed by atoms with van der Waals surface area (Å²) in [6.45, 7) is 4.13. The Morgan fingerprint density at radius 3 is 2.38 bits per heavy atom. The van der Waals surface area contributed by atoms with Gasteiger partial charge in [-0.25, -0.2) is 0 Å². The molecule has 2 unspecified atom stereocenters. The summed E-state index contributed by atoms with van der Waals surface area (Å²) in [7, 11) is 0. The third-order valence-electron chi connectivity index (χ3n) is 3.54. The van der Waals surface area contributed by atoms with Gasteiger partial charge in [0.2, 0.25) is 0 Å². The molecule has 0 fully saturated rings. The van der Waals surface area contributed by atoms with Crippen molar-refractivity contribution in [1.29, 1.82) is 0 Å². The molecule has 0 saturated carbocycles. The zero-order chi connectivity index (χ0) is 11.8. The maximum Gasteiger partial charge on any atom is 0.0818 e. The van der Waals surface area contributed by atoms with Crippen molar-refractivity contribution in [2.75, 3.05) is 0 Å². The van der Waals surface area contributed by atoms with Gasteiger partial charge in [-0.3, -0.25) is 0 Å². The Hall–Kier alpha value is -1.38. The van der Waals surface area contributed by atoms with Crippen molar-refractivity contribution in [1.82, 2.24) is 0 Å². The fourth-order valence-corrected chi connectivity index (χ4v) is 2.22. The Morgan fingerprint density at radius 1 is 1.12 bits per heavy atom. The van der Waals surface area contributed by atoms with Gasteiger partial charge in [-0.2, -0.15) is 0 Å². The zero-order valence-corrected chi connectivity index (χ0v) is 9.77. The predicted octanol–water partition coefficient (Wildman–Crippen LogP) is 2.07. The minimum Gasteiger partial charge on any atom is -0.322 e. The summed E-state index contributed by atoms with van der Waals surface area (Å²) in [5.41, 5.74) is 15.5. The van der Waals surface area contributed by atoms with Crippen LogP contribution >= 0.6 is 0 Å². The van der Waals surface area contributed by atoms with E-state index in [0.29, 0.717) is 0 Å². The molecule has 2 nitrogen and oxygen atoms in total. The minimum absolute atomic E-state index is 0.168. The topological polar surface area (TPSA) is 52.0 Å². The van der Waals surface area contributed by atoms with Gasteiger partial charge in [-0.05, 0) is 25.0 Å². The molecule has 0 saturated heterocycles. The summed E-state index contributed by atoms with van der Waals surface area (Å²) < 4.78 is 0. The first kappa shape index (κ1) is 11.1. The average molecular weight is 214 g/mol. The van der Waals surface area contributed by atoms with Crippen LogP contribution in [0.1, 0.15) is 19.4 Å². The largest absolute Gasteiger partial charge is 0.322 e. The molecule has 0 amide bonds. The van der Waals surface area contributed by atoms with Crippen molar-refractivity contribution < 1.29 is 0 Å². The summed E-state index contributed by atoms with van der Waals surface area (Å²) in [4.78, 5) is 0. The van der Waals surface area contributed by atoms with Crippen LogP contribution in [0.25, 0.3) is 0 Å². The van der Waals surface area contributed by atoms with Gasteiger partial charge in [0.1, 0.15) is 0 Å². The van der Waals surface area contributed by atoms with Crippen molar-refractivity contribution >= 4 is 0 Å². The van der Waals surface area contributed by atoms with Crippen molar-refractivity contribution in [2.24, 2.45) is 11.5 Å². The number of nitrogens with two attached hydrogens (primary N) is 2. The number of rotatable bonds is 1. The van der Waals surface area contributed by atoms with E-state index in [4.69, 9.17) is 11.5 Å². The first-order valence-corrected chi connectivity index (χ1v) is 5.53. The Bertz CT molecular complexity index is 445. The highest BCUT2D eigenvalue weighted by atomic mass is 14.9. The fourth-order valence-electron chi connectivity index (χ4n) is 2.22. The van der Waals surface area contributed by atoms with E-state index in [-0.39, 0.29) is 6.04 Å². The van der Waals surface area contributed by atoms with Gasteiger partial charge < -0.3 is 11.5 Å². The molecule has 0 heterocycles. The van der Waals surface area contributed by atoms with E-state index in [9.17, 15) is 0 Å². The number of benzene rings is 1. The van der Waals surface area contributed by atoms with Gasteiger partial charge in [0.15, 0.2) is 0 Å². The summed E-state index contributed by atoms with van der Waals surface area (Å²) in [6, 6.07) is 9.89. The van der Waals surface area contributed by atoms with Crippen LogP contribution in [0.2, 0.25) is 0 Å². The standard InChI is InChI=1S/C14H18N2/c1-10-8-9-13(15)14(16,11(10)2)12-6-4-3-5-7-12/h3-9,13H,15-16H2,1-2H3. The smallest absolute Gasteiger partial charge is 0.0818 e. The predicted molar refractivity (Wildman–Crippen MR) is 67.8 cm³/mol. The molecule has 4 N–H and O–H groups in total. The summed E-state index contributed by atoms with van der Waals surface area (Å²) in [5.74, 6) is 0. The lowest BCUT2D eigenvalue weighted by Crippen LogP contribution is -2.53. The van der Waals surface area contributed by atoms with E-state index in [2.05, 4.69) is 13.8 Å². The van der Waals surface area contributed by atoms with Crippen molar-refractivity contribution in [2.45, 2.75) is 25.4 Å². The second-order valence-electron chi connectivity index (χ2n) is 4.43. The molecule has 2 rings (SSSR count). The molecule has 1 aromatic carbocycles. The van der Waals surface area contributed by atoms with Gasteiger partial charge in [-0.1, -0.05) is 48.1 Å². The quantitative estimate of drug-likeness (QED) is 0.752. The molecule has 2 heteroatoms. The average Bonchev–Trinajstić information content (AvgIpc) is 2.33. The van der Waals surface area contributed by atoms with Gasteiger partial charge in [0.25, 0.3) is 0 Å². The number of hydrogen-bond donors (Lipinski definition) is 2. The maximum absolute atomic E-state index is 6.52. The Morgan fingerprint density at radius 2 is 1.75 bits per heavy atom. The summed E-state index contributed by atoms with van der Waals surface area (Å²) in [5, 5.41) is 0. The normalized spacial score (nSPS) is 29.6. The van der Waals surface area contributed by atoms with Crippen LogP contribution in [0.3, 0.4) is 0 Å². The lowest BCUT2D eigenvalue weighted by atomic mass is 9.74. The van der Waals surface area contributed by atoms with Crippen molar-refractivity contribution in [3.8, 4) is 0 Å². The van der Waals surface area contributed by atoms with Crippen molar-refractivity contribution in [3.05, 3.63) is 59.2 Å². The van der Waals surface area contributed by atoms with E-state index < -0.39 is 5.54 Å². The Labute approximate surface area is 96.6 Å². The Kier molecular flexibility index (Phi) is 2.70. The molecule has 1 aliphatic rings. The molecule has 0 aromatic heterocycles. The number of allylic oxidation sites excluding steroid dienone is 2. The van der Waals surface area contributed by atoms with Crippen LogP contribution in [-0.2, 0) is 5.54 Å². The first-order valence-electron chi connectivity index (χ1n) is 5.53. The van der Waals surface area contributed by atoms with Crippen LogP contribution in [0.4, 0.5) is 0 Å². The zero-order valence-electron chi connectivity index (χ0n) is 9.77. The van der Waals surface area contributed by atoms with Gasteiger partial charge in [0, 0.05) is 6.04 Å². The molecule has 0 radical (unpaired) electrons. The van der Waals surface area contributed by atoms with Gasteiger partial charge in [-0.15, -0.1) is 0 Å². The van der Waals surface area contributed by atoms with Crippen LogP contribution in [0.5, 0.6) is 0 Å². The van der Waals surface area contributed by atoms with E-state index >= 15 is 0 Å². The molecular formula is C14H18N2. The number of hydrogen-bond acceptors (Lipinski definition) is 2. The summed E-state index contributed by atoms with van der Waals surface area (Å²) in [6.07, 6.45) is 4.03. The third-order valence-corrected chi connectivity index (χ3v) is 3.54. The molecule has 16 heavy (non-hydrogen) atoms. The molecule has 1 aromatic rings. The molecule has 84 valence electrons. The fraction of sp³-hybridized carbons (Fsp3) is 0.286. The van der Waals surface area contributed by atoms with Crippen LogP contribution < -0.4 is 11.5 Å². The Balaban J connectivity index is 2.57. The highest BCUT2D eigenvalue weighted by molar-refractivity contribution is 5.46. The van der Waals surface area contributed by atoms with Crippen LogP contribution in [0.15, 0.2) is 53.6 Å². The molecular weight excluding hydrogens is 196 g/mol. The highest BCUT2D eigenvalue weighted by Gasteiger charge is 2.37. The maximum atomic E-state index is 6.52. The molecule has 1 aliphatic carbocycles. The lowest BCUT2D eigenvalue weighted by Gasteiger charge is -2.38. The third kappa shape index (κ3) is 1.51. The molecule has 2 atom stereocenters. The molecule has 0 bridgehead atoms. The highest BCUT2D eigenvalue weighted by Crippen LogP contribution is 2.34. The SMILES string of the molecule is CC1=C(C)C(N)(c2ccccc2)C(N)C=C1. The second kappa shape index (κ2) is 3.89. The van der Waals surface area contributed by atoms with E-state index in [1.807, 2.05) is 42.5 Å². The molecule has 0 spiro atoms. The summed E-state index contributed by atoms with van der Waals surface area (Å²) >= 11 is 0. The van der Waals surface area contributed by atoms with Crippen LogP contribution in [-0.4, -0.2) is 6.04 Å². The van der Waals surface area contributed by atoms with E-state index in [1.54, 1.807) is 0 Å². The lowest BCUT2D eigenvalue weighted by molar-refractivity contribution is 0.458. The second-order valence-corrected chi connectivity index (χ2v) is 4.43. The van der Waals surface area contributed by atoms with E-state index in [0.717, 1.165) is 11.1 Å². The minimum atomic E-state index is -0.569. The monoisotopic (exact) mass is 214 g/mol. The van der Waals surface area contributed by atoms with Gasteiger partial charge in [0.05, 0.1) is 5.54 Å². The van der Waals surface area contributed by atoms with E-state index in [1.165, 1.54) is 5.57 Å². The van der Waals surface area contributed by atoms with Crippen LogP contribution in [0, 0.1) is 0 Å². The van der Waals surface area contributed by atoms with Crippen molar-refractivity contribution in [3.63, 3.8) is 0 Å². The molecule has 0 aliphatic heterocycles.